The molecule has 0 aliphatic heterocycles. The van der Waals surface area contributed by atoms with Crippen molar-refractivity contribution in [1.29, 1.82) is 0 Å². The number of anilines is 1. The fourth-order valence-corrected chi connectivity index (χ4v) is 3.58. The first kappa shape index (κ1) is 18.7. The first-order valence-electron chi connectivity index (χ1n) is 9.66. The molecule has 0 atom stereocenters. The maximum absolute atomic E-state index is 13.1. The van der Waals surface area contributed by atoms with Crippen LogP contribution in [-0.2, 0) is 6.54 Å². The normalized spacial score (nSPS) is 10.7. The summed E-state index contributed by atoms with van der Waals surface area (Å²) in [7, 11) is 0. The quantitative estimate of drug-likeness (QED) is 0.498. The second-order valence-electron chi connectivity index (χ2n) is 7.06. The Morgan fingerprint density at radius 3 is 2.41 bits per heavy atom. The van der Waals surface area contributed by atoms with Gasteiger partial charge in [0.15, 0.2) is 0 Å². The molecule has 144 valence electrons. The van der Waals surface area contributed by atoms with E-state index in [1.54, 1.807) is 6.20 Å². The summed E-state index contributed by atoms with van der Waals surface area (Å²) in [4.78, 5) is 17.5. The lowest BCUT2D eigenvalue weighted by Gasteiger charge is -2.12. The number of rotatable bonds is 5. The maximum Gasteiger partial charge on any atom is 0.257 e. The van der Waals surface area contributed by atoms with Gasteiger partial charge in [0.05, 0.1) is 17.8 Å². The summed E-state index contributed by atoms with van der Waals surface area (Å²) in [6, 6.07) is 25.8. The molecular formula is C25H23N3O. The molecule has 0 aliphatic rings. The molecule has 4 nitrogen and oxygen atoms in total. The van der Waals surface area contributed by atoms with Gasteiger partial charge in [0.1, 0.15) is 0 Å². The third-order valence-corrected chi connectivity index (χ3v) is 5.12. The number of nitrogens with one attached hydrogen (secondary N) is 1. The SMILES string of the molecule is Cc1cc(C(=O)Nc2ccccc2-c2ccccc2)c(C)n1Cc1ccccn1. The molecule has 0 unspecified atom stereocenters. The van der Waals surface area contributed by atoms with Crippen molar-refractivity contribution in [1.82, 2.24) is 9.55 Å². The van der Waals surface area contributed by atoms with Crippen LogP contribution in [-0.4, -0.2) is 15.5 Å². The van der Waals surface area contributed by atoms with Crippen LogP contribution in [0.3, 0.4) is 0 Å². The van der Waals surface area contributed by atoms with Crippen LogP contribution >= 0.6 is 0 Å². The summed E-state index contributed by atoms with van der Waals surface area (Å²) in [5.74, 6) is -0.103. The van der Waals surface area contributed by atoms with E-state index in [1.165, 1.54) is 0 Å². The van der Waals surface area contributed by atoms with Gasteiger partial charge in [-0.3, -0.25) is 9.78 Å². The molecular weight excluding hydrogens is 358 g/mol. The van der Waals surface area contributed by atoms with Crippen LogP contribution in [0, 0.1) is 13.8 Å². The molecule has 2 aromatic carbocycles. The zero-order valence-electron chi connectivity index (χ0n) is 16.6. The molecule has 4 rings (SSSR count). The van der Waals surface area contributed by atoms with E-state index in [-0.39, 0.29) is 5.91 Å². The molecule has 0 saturated carbocycles. The van der Waals surface area contributed by atoms with Crippen LogP contribution in [0.5, 0.6) is 0 Å². The van der Waals surface area contributed by atoms with E-state index < -0.39 is 0 Å². The Morgan fingerprint density at radius 2 is 1.66 bits per heavy atom. The van der Waals surface area contributed by atoms with Gasteiger partial charge in [0.2, 0.25) is 0 Å². The van der Waals surface area contributed by atoms with Crippen LogP contribution in [0.2, 0.25) is 0 Å². The van der Waals surface area contributed by atoms with Crippen LogP contribution in [0.1, 0.15) is 27.4 Å². The van der Waals surface area contributed by atoms with Crippen molar-refractivity contribution >= 4 is 11.6 Å². The number of aryl methyl sites for hydroxylation is 1. The number of pyridine rings is 1. The Labute approximate surface area is 170 Å². The van der Waals surface area contributed by atoms with Crippen LogP contribution in [0.25, 0.3) is 11.1 Å². The lowest BCUT2D eigenvalue weighted by molar-refractivity contribution is 0.102. The van der Waals surface area contributed by atoms with E-state index >= 15 is 0 Å². The van der Waals surface area contributed by atoms with Gasteiger partial charge in [0, 0.05) is 28.8 Å². The van der Waals surface area contributed by atoms with Gasteiger partial charge in [0.25, 0.3) is 5.91 Å². The Bertz CT molecular complexity index is 1130. The smallest absolute Gasteiger partial charge is 0.257 e. The van der Waals surface area contributed by atoms with Crippen LogP contribution in [0.4, 0.5) is 5.69 Å². The van der Waals surface area contributed by atoms with Gasteiger partial charge in [-0.25, -0.2) is 0 Å². The van der Waals surface area contributed by atoms with E-state index in [0.29, 0.717) is 12.1 Å². The molecule has 2 aromatic heterocycles. The van der Waals surface area contributed by atoms with Crippen molar-refractivity contribution in [3.63, 3.8) is 0 Å². The monoisotopic (exact) mass is 381 g/mol. The highest BCUT2D eigenvalue weighted by Crippen LogP contribution is 2.28. The Balaban J connectivity index is 1.61. The number of nitrogens with zero attached hydrogens (tertiary/aromatic N) is 2. The fraction of sp³-hybridized carbons (Fsp3) is 0.120. The van der Waals surface area contributed by atoms with Crippen molar-refractivity contribution in [2.75, 3.05) is 5.32 Å². The predicted octanol–water partition coefficient (Wildman–Crippen LogP) is 5.47. The van der Waals surface area contributed by atoms with Gasteiger partial charge < -0.3 is 9.88 Å². The average molecular weight is 381 g/mol. The number of hydrogen-bond donors (Lipinski definition) is 1. The number of hydrogen-bond acceptors (Lipinski definition) is 2. The minimum Gasteiger partial charge on any atom is -0.342 e. The topological polar surface area (TPSA) is 46.9 Å². The molecule has 0 radical (unpaired) electrons. The standard InChI is InChI=1S/C25H23N3O/c1-18-16-23(19(2)28(18)17-21-12-8-9-15-26-21)25(29)27-24-14-7-6-13-22(24)20-10-4-3-5-11-20/h3-16H,17H2,1-2H3,(H,27,29). The lowest BCUT2D eigenvalue weighted by Crippen LogP contribution is -2.14. The van der Waals surface area contributed by atoms with Gasteiger partial charge in [-0.2, -0.15) is 0 Å². The summed E-state index contributed by atoms with van der Waals surface area (Å²) in [6.45, 7) is 4.64. The largest absolute Gasteiger partial charge is 0.342 e. The molecule has 1 N–H and O–H groups in total. The van der Waals surface area contributed by atoms with E-state index in [2.05, 4.69) is 14.9 Å². The molecule has 0 fully saturated rings. The Morgan fingerprint density at radius 1 is 0.931 bits per heavy atom. The molecule has 0 bridgehead atoms. The van der Waals surface area contributed by atoms with E-state index in [9.17, 15) is 4.79 Å². The Hall–Kier alpha value is -3.66. The zero-order valence-corrected chi connectivity index (χ0v) is 16.6. The molecule has 0 saturated heterocycles. The van der Waals surface area contributed by atoms with Crippen molar-refractivity contribution in [3.05, 3.63) is 108 Å². The number of benzene rings is 2. The fourth-order valence-electron chi connectivity index (χ4n) is 3.58. The second kappa shape index (κ2) is 8.15. The van der Waals surface area contributed by atoms with Gasteiger partial charge in [-0.1, -0.05) is 54.6 Å². The highest BCUT2D eigenvalue weighted by molar-refractivity contribution is 6.07. The summed E-state index contributed by atoms with van der Waals surface area (Å²) < 4.78 is 2.13. The van der Waals surface area contributed by atoms with Crippen molar-refractivity contribution in [2.24, 2.45) is 0 Å². The van der Waals surface area contributed by atoms with Gasteiger partial charge >= 0.3 is 0 Å². The summed E-state index contributed by atoms with van der Waals surface area (Å²) >= 11 is 0. The van der Waals surface area contributed by atoms with E-state index in [4.69, 9.17) is 0 Å². The number of aromatic nitrogens is 2. The highest BCUT2D eigenvalue weighted by atomic mass is 16.1. The molecule has 0 spiro atoms. The minimum atomic E-state index is -0.103. The van der Waals surface area contributed by atoms with Crippen molar-refractivity contribution < 1.29 is 4.79 Å². The summed E-state index contributed by atoms with van der Waals surface area (Å²) in [5.41, 5.74) is 6.50. The van der Waals surface area contributed by atoms with Crippen LogP contribution in [0.15, 0.2) is 85.1 Å². The zero-order chi connectivity index (χ0) is 20.2. The van der Waals surface area contributed by atoms with Crippen molar-refractivity contribution in [2.45, 2.75) is 20.4 Å². The third-order valence-electron chi connectivity index (χ3n) is 5.12. The highest BCUT2D eigenvalue weighted by Gasteiger charge is 2.17. The molecule has 0 aliphatic carbocycles. The summed E-state index contributed by atoms with van der Waals surface area (Å²) in [5, 5.41) is 3.10. The molecule has 1 amide bonds. The third kappa shape index (κ3) is 3.97. The second-order valence-corrected chi connectivity index (χ2v) is 7.06. The Kier molecular flexibility index (Phi) is 5.25. The lowest BCUT2D eigenvalue weighted by atomic mass is 10.0. The van der Waals surface area contributed by atoms with Gasteiger partial charge in [-0.15, -0.1) is 0 Å². The van der Waals surface area contributed by atoms with Crippen LogP contribution < -0.4 is 5.32 Å². The molecule has 29 heavy (non-hydrogen) atoms. The van der Waals surface area contributed by atoms with E-state index in [0.717, 1.165) is 33.9 Å². The van der Waals surface area contributed by atoms with Gasteiger partial charge in [-0.05, 0) is 43.7 Å². The molecule has 2 heterocycles. The molecule has 4 aromatic rings. The first-order chi connectivity index (χ1) is 14.1. The number of carbonyl (C=O) groups excluding carboxylic acids is 1. The number of amides is 1. The average Bonchev–Trinajstić information content (AvgIpc) is 3.04. The maximum atomic E-state index is 13.1. The van der Waals surface area contributed by atoms with E-state index in [1.807, 2.05) is 92.7 Å². The summed E-state index contributed by atoms with van der Waals surface area (Å²) in [6.07, 6.45) is 1.79. The molecule has 4 heteroatoms. The number of carbonyl (C=O) groups is 1. The minimum absolute atomic E-state index is 0.103. The first-order valence-corrected chi connectivity index (χ1v) is 9.66. The predicted molar refractivity (Wildman–Crippen MR) is 117 cm³/mol. The number of para-hydroxylation sites is 1. The van der Waals surface area contributed by atoms with Crippen molar-refractivity contribution in [3.8, 4) is 11.1 Å².